The quantitative estimate of drug-likeness (QED) is 0.882. The van der Waals surface area contributed by atoms with E-state index in [2.05, 4.69) is 18.9 Å². The molecule has 0 aliphatic carbocycles. The lowest BCUT2D eigenvalue weighted by Gasteiger charge is -2.04. The Hall–Kier alpha value is -1.55. The molecule has 92 valence electrons. The van der Waals surface area contributed by atoms with Gasteiger partial charge in [-0.2, -0.15) is 5.10 Å². The van der Waals surface area contributed by atoms with E-state index in [0.29, 0.717) is 6.04 Å². The molecule has 2 aromatic rings. The molecule has 0 amide bonds. The molecule has 0 aliphatic rings. The van der Waals surface area contributed by atoms with Crippen LogP contribution >= 0.6 is 0 Å². The first-order valence-electron chi connectivity index (χ1n) is 6.02. The summed E-state index contributed by atoms with van der Waals surface area (Å²) in [5, 5.41) is 4.46. The van der Waals surface area contributed by atoms with Gasteiger partial charge in [0.05, 0.1) is 6.04 Å². The molecule has 2 N–H and O–H groups in total. The normalized spacial score (nSPS) is 13.2. The van der Waals surface area contributed by atoms with Crippen LogP contribution in [-0.2, 0) is 0 Å². The Kier molecular flexibility index (Phi) is 3.33. The van der Waals surface area contributed by atoms with Gasteiger partial charge in [0.1, 0.15) is 11.5 Å². The van der Waals surface area contributed by atoms with Gasteiger partial charge in [-0.25, -0.2) is 0 Å². The molecule has 0 bridgehead atoms. The summed E-state index contributed by atoms with van der Waals surface area (Å²) in [6.07, 6.45) is 2.83. The molecular weight excluding hydrogens is 214 g/mol. The highest BCUT2D eigenvalue weighted by Crippen LogP contribution is 2.24. The minimum Gasteiger partial charge on any atom is -0.458 e. The largest absolute Gasteiger partial charge is 0.458 e. The maximum atomic E-state index is 5.92. The highest BCUT2D eigenvalue weighted by molar-refractivity contribution is 5.51. The van der Waals surface area contributed by atoms with Crippen LogP contribution in [0.1, 0.15) is 45.0 Å². The molecule has 0 fully saturated rings. The van der Waals surface area contributed by atoms with E-state index < -0.39 is 0 Å². The zero-order valence-electron chi connectivity index (χ0n) is 10.6. The maximum Gasteiger partial charge on any atom is 0.154 e. The summed E-state index contributed by atoms with van der Waals surface area (Å²) in [6.45, 7) is 6.23. The van der Waals surface area contributed by atoms with Crippen molar-refractivity contribution in [2.45, 2.75) is 39.3 Å². The fraction of sp³-hybridized carbons (Fsp3) is 0.462. The second-order valence-corrected chi connectivity index (χ2v) is 4.49. The standard InChI is InChI=1S/C13H19N3O/c1-4-10(14)12-5-6-13(17-12)11-7-8-16(15-11)9(2)3/h5-10H,4,14H2,1-3H3. The van der Waals surface area contributed by atoms with Crippen LogP contribution in [0.2, 0.25) is 0 Å². The molecule has 4 nitrogen and oxygen atoms in total. The van der Waals surface area contributed by atoms with Crippen molar-refractivity contribution in [1.82, 2.24) is 9.78 Å². The lowest BCUT2D eigenvalue weighted by Crippen LogP contribution is -2.06. The summed E-state index contributed by atoms with van der Waals surface area (Å²) in [7, 11) is 0. The van der Waals surface area contributed by atoms with Gasteiger partial charge in [0.2, 0.25) is 0 Å². The van der Waals surface area contributed by atoms with Gasteiger partial charge in [-0.15, -0.1) is 0 Å². The summed E-state index contributed by atoms with van der Waals surface area (Å²) in [6, 6.07) is 6.14. The highest BCUT2D eigenvalue weighted by atomic mass is 16.3. The topological polar surface area (TPSA) is 57.0 Å². The Labute approximate surface area is 101 Å². The van der Waals surface area contributed by atoms with Crippen LogP contribution in [0.25, 0.3) is 11.5 Å². The second kappa shape index (κ2) is 4.75. The van der Waals surface area contributed by atoms with Crippen LogP contribution in [0.5, 0.6) is 0 Å². The number of aromatic nitrogens is 2. The van der Waals surface area contributed by atoms with Gasteiger partial charge < -0.3 is 10.2 Å². The molecular formula is C13H19N3O. The van der Waals surface area contributed by atoms with E-state index in [1.54, 1.807) is 0 Å². The Bertz CT molecular complexity index is 484. The number of furan rings is 1. The molecule has 0 radical (unpaired) electrons. The molecule has 0 saturated heterocycles. The van der Waals surface area contributed by atoms with Gasteiger partial charge in [-0.1, -0.05) is 6.92 Å². The summed E-state index contributed by atoms with van der Waals surface area (Å²) < 4.78 is 7.63. The minimum absolute atomic E-state index is 0.0315. The van der Waals surface area contributed by atoms with E-state index in [4.69, 9.17) is 10.2 Å². The van der Waals surface area contributed by atoms with Gasteiger partial charge in [0.15, 0.2) is 5.76 Å². The third-order valence-electron chi connectivity index (χ3n) is 2.82. The van der Waals surface area contributed by atoms with E-state index in [-0.39, 0.29) is 6.04 Å². The first-order chi connectivity index (χ1) is 8.11. The second-order valence-electron chi connectivity index (χ2n) is 4.49. The minimum atomic E-state index is -0.0315. The van der Waals surface area contributed by atoms with Gasteiger partial charge in [0, 0.05) is 12.2 Å². The number of nitrogens with two attached hydrogens (primary N) is 1. The molecule has 2 aromatic heterocycles. The van der Waals surface area contributed by atoms with Crippen molar-refractivity contribution in [3.05, 3.63) is 30.2 Å². The van der Waals surface area contributed by atoms with Gasteiger partial charge in [-0.05, 0) is 38.5 Å². The SMILES string of the molecule is CCC(N)c1ccc(-c2ccn(C(C)C)n2)o1. The van der Waals surface area contributed by atoms with E-state index in [1.165, 1.54) is 0 Å². The van der Waals surface area contributed by atoms with Crippen molar-refractivity contribution in [3.8, 4) is 11.5 Å². The number of hydrogen-bond acceptors (Lipinski definition) is 3. The van der Waals surface area contributed by atoms with Crippen molar-refractivity contribution in [2.75, 3.05) is 0 Å². The van der Waals surface area contributed by atoms with Crippen LogP contribution in [-0.4, -0.2) is 9.78 Å². The van der Waals surface area contributed by atoms with E-state index in [0.717, 1.165) is 23.6 Å². The van der Waals surface area contributed by atoms with Crippen LogP contribution in [0.15, 0.2) is 28.8 Å². The van der Waals surface area contributed by atoms with Crippen LogP contribution in [0.4, 0.5) is 0 Å². The molecule has 0 spiro atoms. The van der Waals surface area contributed by atoms with Crippen molar-refractivity contribution in [3.63, 3.8) is 0 Å². The van der Waals surface area contributed by atoms with Gasteiger partial charge in [0.25, 0.3) is 0 Å². The average Bonchev–Trinajstić information content (AvgIpc) is 2.95. The zero-order chi connectivity index (χ0) is 12.4. The first kappa shape index (κ1) is 11.9. The molecule has 0 saturated carbocycles. The summed E-state index contributed by atoms with van der Waals surface area (Å²) >= 11 is 0. The van der Waals surface area contributed by atoms with Crippen molar-refractivity contribution < 1.29 is 4.42 Å². The first-order valence-corrected chi connectivity index (χ1v) is 6.02. The van der Waals surface area contributed by atoms with Crippen molar-refractivity contribution in [1.29, 1.82) is 0 Å². The number of hydrogen-bond donors (Lipinski definition) is 1. The molecule has 17 heavy (non-hydrogen) atoms. The van der Waals surface area contributed by atoms with Gasteiger partial charge in [-0.3, -0.25) is 4.68 Å². The van der Waals surface area contributed by atoms with Gasteiger partial charge >= 0.3 is 0 Å². The lowest BCUT2D eigenvalue weighted by atomic mass is 10.2. The van der Waals surface area contributed by atoms with Crippen LogP contribution in [0, 0.1) is 0 Å². The Morgan fingerprint density at radius 2 is 2.12 bits per heavy atom. The fourth-order valence-electron chi connectivity index (χ4n) is 1.65. The van der Waals surface area contributed by atoms with E-state index >= 15 is 0 Å². The molecule has 1 unspecified atom stereocenters. The third kappa shape index (κ3) is 2.42. The maximum absolute atomic E-state index is 5.92. The average molecular weight is 233 g/mol. The number of rotatable bonds is 4. The zero-order valence-corrected chi connectivity index (χ0v) is 10.6. The fourth-order valence-corrected chi connectivity index (χ4v) is 1.65. The molecule has 0 aliphatic heterocycles. The van der Waals surface area contributed by atoms with E-state index in [9.17, 15) is 0 Å². The Morgan fingerprint density at radius 1 is 1.35 bits per heavy atom. The lowest BCUT2D eigenvalue weighted by molar-refractivity contribution is 0.466. The van der Waals surface area contributed by atoms with Crippen molar-refractivity contribution in [2.24, 2.45) is 5.73 Å². The third-order valence-corrected chi connectivity index (χ3v) is 2.82. The summed E-state index contributed by atoms with van der Waals surface area (Å²) in [5.41, 5.74) is 6.77. The summed E-state index contributed by atoms with van der Waals surface area (Å²) in [5.74, 6) is 1.60. The smallest absolute Gasteiger partial charge is 0.154 e. The highest BCUT2D eigenvalue weighted by Gasteiger charge is 2.12. The predicted molar refractivity (Wildman–Crippen MR) is 67.5 cm³/mol. The molecule has 2 rings (SSSR count). The number of nitrogens with zero attached hydrogens (tertiary/aromatic N) is 2. The molecule has 1 atom stereocenters. The molecule has 2 heterocycles. The Morgan fingerprint density at radius 3 is 2.71 bits per heavy atom. The van der Waals surface area contributed by atoms with E-state index in [1.807, 2.05) is 36.0 Å². The van der Waals surface area contributed by atoms with Crippen LogP contribution in [0.3, 0.4) is 0 Å². The Balaban J connectivity index is 2.24. The van der Waals surface area contributed by atoms with Crippen LogP contribution < -0.4 is 5.73 Å². The predicted octanol–water partition coefficient (Wildman–Crippen LogP) is 3.13. The summed E-state index contributed by atoms with van der Waals surface area (Å²) in [4.78, 5) is 0. The molecule has 4 heteroatoms. The monoisotopic (exact) mass is 233 g/mol. The van der Waals surface area contributed by atoms with Crippen molar-refractivity contribution >= 4 is 0 Å². The molecule has 0 aromatic carbocycles.